The van der Waals surface area contributed by atoms with Crippen LogP contribution < -0.4 is 5.32 Å². The highest BCUT2D eigenvalue weighted by Crippen LogP contribution is 2.28. The van der Waals surface area contributed by atoms with E-state index in [2.05, 4.69) is 11.9 Å². The van der Waals surface area contributed by atoms with Crippen LogP contribution >= 0.6 is 0 Å². The zero-order valence-corrected chi connectivity index (χ0v) is 8.96. The number of nitrogens with one attached hydrogen (secondary N) is 1. The lowest BCUT2D eigenvalue weighted by Crippen LogP contribution is -2.23. The second kappa shape index (κ2) is 5.27. The van der Waals surface area contributed by atoms with Crippen LogP contribution in [0.4, 0.5) is 22.0 Å². The van der Waals surface area contributed by atoms with Crippen molar-refractivity contribution in [2.75, 3.05) is 6.54 Å². The van der Waals surface area contributed by atoms with E-state index < -0.39 is 40.7 Å². The average molecular weight is 251 g/mol. The molecule has 17 heavy (non-hydrogen) atoms. The van der Waals surface area contributed by atoms with E-state index >= 15 is 0 Å². The topological polar surface area (TPSA) is 12.0 Å². The number of hydrogen-bond donors (Lipinski definition) is 1. The third-order valence-electron chi connectivity index (χ3n) is 2.21. The second-order valence-electron chi connectivity index (χ2n) is 3.25. The molecule has 6 heteroatoms. The number of hydrogen-bond acceptors (Lipinski definition) is 1. The largest absolute Gasteiger partial charge is 0.307 e. The molecule has 0 aliphatic carbocycles. The van der Waals surface area contributed by atoms with Crippen molar-refractivity contribution >= 4 is 0 Å². The fraction of sp³-hybridized carbons (Fsp3) is 0.273. The highest BCUT2D eigenvalue weighted by Gasteiger charge is 2.28. The summed E-state index contributed by atoms with van der Waals surface area (Å²) in [6.45, 7) is 5.20. The molecule has 0 saturated carbocycles. The first-order valence-corrected chi connectivity index (χ1v) is 4.82. The zero-order chi connectivity index (χ0) is 13.2. The van der Waals surface area contributed by atoms with E-state index in [1.807, 2.05) is 0 Å². The van der Waals surface area contributed by atoms with Gasteiger partial charge < -0.3 is 5.32 Å². The molecule has 0 fully saturated rings. The lowest BCUT2D eigenvalue weighted by atomic mass is 10.0. The highest BCUT2D eigenvalue weighted by atomic mass is 19.2. The van der Waals surface area contributed by atoms with Gasteiger partial charge in [0.2, 0.25) is 5.82 Å². The maximum Gasteiger partial charge on any atom is 0.200 e. The third kappa shape index (κ3) is 2.31. The molecule has 94 valence electrons. The fourth-order valence-electron chi connectivity index (χ4n) is 1.42. The fourth-order valence-corrected chi connectivity index (χ4v) is 1.42. The first kappa shape index (κ1) is 13.6. The summed E-state index contributed by atoms with van der Waals surface area (Å²) < 4.78 is 65.3. The van der Waals surface area contributed by atoms with Crippen LogP contribution in [0.1, 0.15) is 18.5 Å². The molecule has 0 aliphatic heterocycles. The number of rotatable bonds is 4. The van der Waals surface area contributed by atoms with Gasteiger partial charge in [-0.2, -0.15) is 0 Å². The second-order valence-corrected chi connectivity index (χ2v) is 3.25. The van der Waals surface area contributed by atoms with Crippen LogP contribution in [0.3, 0.4) is 0 Å². The molecule has 1 unspecified atom stereocenters. The first-order chi connectivity index (χ1) is 7.95. The van der Waals surface area contributed by atoms with Gasteiger partial charge in [0.25, 0.3) is 0 Å². The SMILES string of the molecule is C=CC(NCC)c1c(F)c(F)c(F)c(F)c1F. The van der Waals surface area contributed by atoms with Crippen molar-refractivity contribution in [3.05, 3.63) is 47.3 Å². The molecule has 0 radical (unpaired) electrons. The molecule has 0 heterocycles. The van der Waals surface area contributed by atoms with Gasteiger partial charge in [-0.3, -0.25) is 0 Å². The van der Waals surface area contributed by atoms with Gasteiger partial charge >= 0.3 is 0 Å². The van der Waals surface area contributed by atoms with E-state index in [0.717, 1.165) is 6.08 Å². The van der Waals surface area contributed by atoms with Crippen LogP contribution in [0, 0.1) is 29.1 Å². The van der Waals surface area contributed by atoms with E-state index in [4.69, 9.17) is 0 Å². The van der Waals surface area contributed by atoms with Crippen molar-refractivity contribution in [1.82, 2.24) is 5.32 Å². The van der Waals surface area contributed by atoms with Gasteiger partial charge in [-0.15, -0.1) is 6.58 Å². The average Bonchev–Trinajstić information content (AvgIpc) is 2.33. The molecule has 0 aliphatic rings. The Labute approximate surface area is 94.9 Å². The Morgan fingerprint density at radius 2 is 1.41 bits per heavy atom. The molecule has 1 aromatic rings. The van der Waals surface area contributed by atoms with E-state index in [9.17, 15) is 22.0 Å². The normalized spacial score (nSPS) is 12.6. The predicted octanol–water partition coefficient (Wildman–Crippen LogP) is 3.22. The molecule has 1 aromatic carbocycles. The van der Waals surface area contributed by atoms with E-state index in [0.29, 0.717) is 0 Å². The zero-order valence-electron chi connectivity index (χ0n) is 8.96. The minimum absolute atomic E-state index is 0.288. The maximum absolute atomic E-state index is 13.4. The summed E-state index contributed by atoms with van der Waals surface area (Å²) in [5.41, 5.74) is -0.918. The van der Waals surface area contributed by atoms with Gasteiger partial charge in [-0.1, -0.05) is 13.0 Å². The molecule has 0 spiro atoms. The Kier molecular flexibility index (Phi) is 4.22. The summed E-state index contributed by atoms with van der Waals surface area (Å²) in [7, 11) is 0. The van der Waals surface area contributed by atoms with Crippen molar-refractivity contribution < 1.29 is 22.0 Å². The van der Waals surface area contributed by atoms with Crippen LogP contribution in [0.15, 0.2) is 12.7 Å². The summed E-state index contributed by atoms with van der Waals surface area (Å²) in [4.78, 5) is 0. The van der Waals surface area contributed by atoms with Crippen molar-refractivity contribution in [1.29, 1.82) is 0 Å². The van der Waals surface area contributed by atoms with Gasteiger partial charge in [-0.05, 0) is 6.54 Å². The number of likely N-dealkylation sites (N-methyl/N-ethyl adjacent to an activating group) is 1. The Balaban J connectivity index is 3.47. The van der Waals surface area contributed by atoms with Crippen LogP contribution in [-0.4, -0.2) is 6.54 Å². The molecule has 0 amide bonds. The Morgan fingerprint density at radius 1 is 1.00 bits per heavy atom. The summed E-state index contributed by atoms with van der Waals surface area (Å²) in [5, 5.41) is 2.55. The lowest BCUT2D eigenvalue weighted by molar-refractivity contribution is 0.363. The van der Waals surface area contributed by atoms with E-state index in [1.165, 1.54) is 0 Å². The van der Waals surface area contributed by atoms with Crippen LogP contribution in [0.2, 0.25) is 0 Å². The molecule has 0 aromatic heterocycles. The highest BCUT2D eigenvalue weighted by molar-refractivity contribution is 5.29. The summed E-state index contributed by atoms with van der Waals surface area (Å²) >= 11 is 0. The summed E-state index contributed by atoms with van der Waals surface area (Å²) in [5.74, 6) is -9.75. The molecular weight excluding hydrogens is 241 g/mol. The maximum atomic E-state index is 13.4. The molecule has 1 N–H and O–H groups in total. The summed E-state index contributed by atoms with van der Waals surface area (Å²) in [6.07, 6.45) is 1.07. The molecule has 1 nitrogen and oxygen atoms in total. The minimum atomic E-state index is -2.16. The van der Waals surface area contributed by atoms with E-state index in [1.54, 1.807) is 6.92 Å². The summed E-state index contributed by atoms with van der Waals surface area (Å²) in [6, 6.07) is -1.13. The number of halogens is 5. The molecular formula is C11H10F5N. The van der Waals surface area contributed by atoms with Gasteiger partial charge in [0.1, 0.15) is 0 Å². The third-order valence-corrected chi connectivity index (χ3v) is 2.21. The quantitative estimate of drug-likeness (QED) is 0.375. The Bertz CT molecular complexity index is 415. The predicted molar refractivity (Wildman–Crippen MR) is 52.8 cm³/mol. The van der Waals surface area contributed by atoms with Crippen LogP contribution in [-0.2, 0) is 0 Å². The van der Waals surface area contributed by atoms with Crippen molar-refractivity contribution in [3.8, 4) is 0 Å². The molecule has 1 rings (SSSR count). The molecule has 0 bridgehead atoms. The number of benzene rings is 1. The van der Waals surface area contributed by atoms with Crippen LogP contribution in [0.5, 0.6) is 0 Å². The minimum Gasteiger partial charge on any atom is -0.307 e. The van der Waals surface area contributed by atoms with E-state index in [-0.39, 0.29) is 6.54 Å². The van der Waals surface area contributed by atoms with Crippen molar-refractivity contribution in [2.24, 2.45) is 0 Å². The van der Waals surface area contributed by atoms with Gasteiger partial charge in [0, 0.05) is 0 Å². The van der Waals surface area contributed by atoms with Crippen molar-refractivity contribution in [3.63, 3.8) is 0 Å². The van der Waals surface area contributed by atoms with Gasteiger partial charge in [-0.25, -0.2) is 22.0 Å². The lowest BCUT2D eigenvalue weighted by Gasteiger charge is -2.16. The molecule has 0 saturated heterocycles. The van der Waals surface area contributed by atoms with Crippen molar-refractivity contribution in [2.45, 2.75) is 13.0 Å². The Hall–Kier alpha value is -1.43. The molecule has 1 atom stereocenters. The van der Waals surface area contributed by atoms with Gasteiger partial charge in [0.05, 0.1) is 11.6 Å². The monoisotopic (exact) mass is 251 g/mol. The Morgan fingerprint density at radius 3 is 1.76 bits per heavy atom. The van der Waals surface area contributed by atoms with Crippen LogP contribution in [0.25, 0.3) is 0 Å². The van der Waals surface area contributed by atoms with Gasteiger partial charge in [0.15, 0.2) is 23.3 Å². The smallest absolute Gasteiger partial charge is 0.200 e. The first-order valence-electron chi connectivity index (χ1n) is 4.82. The standard InChI is InChI=1S/C11H10F5N/c1-3-5(17-4-2)6-7(12)9(14)11(16)10(15)8(6)13/h3,5,17H,1,4H2,2H3.